The summed E-state index contributed by atoms with van der Waals surface area (Å²) in [6.45, 7) is 2.63. The van der Waals surface area contributed by atoms with E-state index in [4.69, 9.17) is 23.7 Å². The number of ether oxygens (including phenoxy) is 5. The highest BCUT2D eigenvalue weighted by atomic mass is 16.6. The molecule has 148 valence electrons. The van der Waals surface area contributed by atoms with Crippen molar-refractivity contribution in [1.82, 2.24) is 0 Å². The fourth-order valence-corrected chi connectivity index (χ4v) is 2.92. The summed E-state index contributed by atoms with van der Waals surface area (Å²) in [6, 6.07) is 18.2. The Hall–Kier alpha value is -3.09. The van der Waals surface area contributed by atoms with Crippen molar-refractivity contribution in [3.05, 3.63) is 66.2 Å². The van der Waals surface area contributed by atoms with Crippen LogP contribution in [0.2, 0.25) is 0 Å². The molecule has 29 heavy (non-hydrogen) atoms. The van der Waals surface area contributed by atoms with E-state index < -0.39 is 5.97 Å². The zero-order valence-corrected chi connectivity index (χ0v) is 15.7. The van der Waals surface area contributed by atoms with Crippen LogP contribution >= 0.6 is 0 Å². The summed E-state index contributed by atoms with van der Waals surface area (Å²) in [6.07, 6.45) is 0.422. The van der Waals surface area contributed by atoms with Gasteiger partial charge in [-0.1, -0.05) is 12.1 Å². The molecule has 0 saturated carbocycles. The smallest absolute Gasteiger partial charge is 0.343 e. The standard InChI is InChI=1S/C23H20O6/c24-23(29-19-7-5-18(6-8-19)25-11-21-13-27-21)17-2-1-16-10-20(4-3-15(16)9-17)26-12-22-14-28-22/h1-10,21-22H,11-14H2. The van der Waals surface area contributed by atoms with E-state index >= 15 is 0 Å². The molecule has 2 unspecified atom stereocenters. The fourth-order valence-electron chi connectivity index (χ4n) is 2.92. The first kappa shape index (κ1) is 18.0. The number of esters is 1. The Bertz CT molecular complexity index is 1020. The number of benzene rings is 3. The van der Waals surface area contributed by atoms with Gasteiger partial charge in [0.25, 0.3) is 0 Å². The molecule has 2 aliphatic heterocycles. The van der Waals surface area contributed by atoms with Crippen LogP contribution in [0.5, 0.6) is 17.2 Å². The minimum Gasteiger partial charge on any atom is -0.491 e. The van der Waals surface area contributed by atoms with E-state index in [1.165, 1.54) is 0 Å². The van der Waals surface area contributed by atoms with Crippen LogP contribution in [-0.4, -0.2) is 44.6 Å². The van der Waals surface area contributed by atoms with E-state index in [1.807, 2.05) is 30.3 Å². The Morgan fingerprint density at radius 2 is 1.31 bits per heavy atom. The molecule has 6 heteroatoms. The highest BCUT2D eigenvalue weighted by molar-refractivity contribution is 5.96. The summed E-state index contributed by atoms with van der Waals surface area (Å²) in [5.74, 6) is 1.57. The number of hydrogen-bond donors (Lipinski definition) is 0. The molecule has 0 spiro atoms. The summed E-state index contributed by atoms with van der Waals surface area (Å²) in [5, 5.41) is 1.94. The molecule has 3 aromatic carbocycles. The molecular formula is C23H20O6. The SMILES string of the molecule is O=C(Oc1ccc(OCC2CO2)cc1)c1ccc2cc(OCC3CO3)ccc2c1. The van der Waals surface area contributed by atoms with Crippen molar-refractivity contribution in [2.24, 2.45) is 0 Å². The zero-order valence-electron chi connectivity index (χ0n) is 15.7. The normalized spacial score (nSPS) is 19.6. The highest BCUT2D eigenvalue weighted by Crippen LogP contribution is 2.25. The molecule has 0 aliphatic carbocycles. The molecule has 0 amide bonds. The average molecular weight is 392 g/mol. The third-order valence-electron chi connectivity index (χ3n) is 4.76. The van der Waals surface area contributed by atoms with Gasteiger partial charge in [0, 0.05) is 0 Å². The Balaban J connectivity index is 1.23. The second-order valence-electron chi connectivity index (χ2n) is 7.12. The monoisotopic (exact) mass is 392 g/mol. The van der Waals surface area contributed by atoms with E-state index in [0.717, 1.165) is 35.5 Å². The van der Waals surface area contributed by atoms with Gasteiger partial charge in [0.05, 0.1) is 18.8 Å². The van der Waals surface area contributed by atoms with Crippen molar-refractivity contribution in [1.29, 1.82) is 0 Å². The minimum atomic E-state index is -0.404. The Labute approximate surface area is 167 Å². The molecular weight excluding hydrogens is 372 g/mol. The Morgan fingerprint density at radius 1 is 0.759 bits per heavy atom. The third-order valence-corrected chi connectivity index (χ3v) is 4.76. The van der Waals surface area contributed by atoms with Gasteiger partial charge in [-0.05, 0) is 59.3 Å². The summed E-state index contributed by atoms with van der Waals surface area (Å²) >= 11 is 0. The molecule has 6 nitrogen and oxygen atoms in total. The number of hydrogen-bond acceptors (Lipinski definition) is 6. The van der Waals surface area contributed by atoms with Crippen LogP contribution in [0.25, 0.3) is 10.8 Å². The highest BCUT2D eigenvalue weighted by Gasteiger charge is 2.23. The van der Waals surface area contributed by atoms with Crippen molar-refractivity contribution in [3.8, 4) is 17.2 Å². The van der Waals surface area contributed by atoms with Crippen molar-refractivity contribution in [3.63, 3.8) is 0 Å². The van der Waals surface area contributed by atoms with Gasteiger partial charge in [-0.2, -0.15) is 0 Å². The average Bonchev–Trinajstić information content (AvgIpc) is 3.66. The third kappa shape index (κ3) is 4.67. The van der Waals surface area contributed by atoms with Gasteiger partial charge in [0.15, 0.2) is 0 Å². The maximum Gasteiger partial charge on any atom is 0.343 e. The summed E-state index contributed by atoms with van der Waals surface area (Å²) in [5.41, 5.74) is 0.490. The van der Waals surface area contributed by atoms with E-state index in [1.54, 1.807) is 30.3 Å². The molecule has 2 saturated heterocycles. The van der Waals surface area contributed by atoms with Crippen LogP contribution in [0.3, 0.4) is 0 Å². The maximum atomic E-state index is 12.5. The van der Waals surface area contributed by atoms with Crippen LogP contribution < -0.4 is 14.2 Å². The topological polar surface area (TPSA) is 69.8 Å². The number of epoxide rings is 2. The van der Waals surface area contributed by atoms with E-state index in [-0.39, 0.29) is 12.2 Å². The van der Waals surface area contributed by atoms with Crippen molar-refractivity contribution in [2.45, 2.75) is 12.2 Å². The van der Waals surface area contributed by atoms with Gasteiger partial charge in [-0.3, -0.25) is 0 Å². The largest absolute Gasteiger partial charge is 0.491 e. The number of carbonyl (C=O) groups excluding carboxylic acids is 1. The molecule has 0 N–H and O–H groups in total. The second kappa shape index (κ2) is 7.73. The molecule has 2 atom stereocenters. The van der Waals surface area contributed by atoms with Crippen molar-refractivity contribution >= 4 is 16.7 Å². The van der Waals surface area contributed by atoms with Gasteiger partial charge < -0.3 is 23.7 Å². The number of rotatable bonds is 8. The number of carbonyl (C=O) groups is 1. The van der Waals surface area contributed by atoms with Crippen LogP contribution in [-0.2, 0) is 9.47 Å². The fraction of sp³-hybridized carbons (Fsp3) is 0.261. The van der Waals surface area contributed by atoms with E-state index in [9.17, 15) is 4.79 Å². The van der Waals surface area contributed by atoms with Gasteiger partial charge in [0.1, 0.15) is 42.7 Å². The maximum absolute atomic E-state index is 12.5. The second-order valence-corrected chi connectivity index (χ2v) is 7.12. The summed E-state index contributed by atoms with van der Waals surface area (Å²) in [7, 11) is 0. The first-order valence-electron chi connectivity index (χ1n) is 9.58. The lowest BCUT2D eigenvalue weighted by Gasteiger charge is -2.09. The lowest BCUT2D eigenvalue weighted by Crippen LogP contribution is -2.08. The molecule has 5 rings (SSSR count). The first-order valence-corrected chi connectivity index (χ1v) is 9.58. The number of fused-ring (bicyclic) bond motifs is 1. The molecule has 2 heterocycles. The van der Waals surface area contributed by atoms with Crippen LogP contribution in [0, 0.1) is 0 Å². The molecule has 2 aliphatic rings. The Morgan fingerprint density at radius 3 is 2.00 bits per heavy atom. The van der Waals surface area contributed by atoms with Gasteiger partial charge in [-0.15, -0.1) is 0 Å². The van der Waals surface area contributed by atoms with Gasteiger partial charge in [-0.25, -0.2) is 4.79 Å². The van der Waals surface area contributed by atoms with Crippen molar-refractivity contribution < 1.29 is 28.5 Å². The lowest BCUT2D eigenvalue weighted by molar-refractivity contribution is 0.0734. The molecule has 2 fully saturated rings. The van der Waals surface area contributed by atoms with E-state index in [0.29, 0.717) is 24.5 Å². The van der Waals surface area contributed by atoms with Crippen molar-refractivity contribution in [2.75, 3.05) is 26.4 Å². The zero-order chi connectivity index (χ0) is 19.6. The summed E-state index contributed by atoms with van der Waals surface area (Å²) in [4.78, 5) is 12.5. The predicted molar refractivity (Wildman–Crippen MR) is 106 cm³/mol. The predicted octanol–water partition coefficient (Wildman–Crippen LogP) is 3.61. The van der Waals surface area contributed by atoms with E-state index in [2.05, 4.69) is 0 Å². The van der Waals surface area contributed by atoms with Gasteiger partial charge >= 0.3 is 5.97 Å². The minimum absolute atomic E-state index is 0.204. The first-order chi connectivity index (χ1) is 14.2. The van der Waals surface area contributed by atoms with Crippen LogP contribution in [0.1, 0.15) is 10.4 Å². The summed E-state index contributed by atoms with van der Waals surface area (Å²) < 4.78 is 27.0. The lowest BCUT2D eigenvalue weighted by atomic mass is 10.1. The van der Waals surface area contributed by atoms with Crippen LogP contribution in [0.15, 0.2) is 60.7 Å². The molecule has 0 radical (unpaired) electrons. The molecule has 0 bridgehead atoms. The van der Waals surface area contributed by atoms with Crippen LogP contribution in [0.4, 0.5) is 0 Å². The van der Waals surface area contributed by atoms with Gasteiger partial charge in [0.2, 0.25) is 0 Å². The quantitative estimate of drug-likeness (QED) is 0.331. The Kier molecular flexibility index (Phi) is 4.79. The molecule has 3 aromatic rings. The molecule has 0 aromatic heterocycles.